The van der Waals surface area contributed by atoms with Gasteiger partial charge in [-0.2, -0.15) is 0 Å². The predicted octanol–water partition coefficient (Wildman–Crippen LogP) is 0.227. The van der Waals surface area contributed by atoms with Crippen molar-refractivity contribution in [1.82, 2.24) is 0 Å². The quantitative estimate of drug-likeness (QED) is 0.350. The zero-order valence-corrected chi connectivity index (χ0v) is 5.66. The van der Waals surface area contributed by atoms with Crippen LogP contribution in [-0.2, 0) is 14.3 Å². The number of esters is 1. The molecule has 0 radical (unpaired) electrons. The van der Waals surface area contributed by atoms with Gasteiger partial charge < -0.3 is 16.8 Å². The molecule has 0 bridgehead atoms. The average Bonchev–Trinajstić information content (AvgIpc) is 1.58. The zero-order valence-electron chi connectivity index (χ0n) is 5.66. The zero-order chi connectivity index (χ0) is 8.15. The second-order valence-corrected chi connectivity index (χ2v) is 1.87. The number of rotatable bonds is 3. The lowest BCUT2D eigenvalue weighted by Gasteiger charge is -2.11. The van der Waals surface area contributed by atoms with Gasteiger partial charge in [0.2, 0.25) is 0 Å². The summed E-state index contributed by atoms with van der Waals surface area (Å²) in [5.41, 5.74) is 0. The number of aliphatic carboxylic acids is 1. The summed E-state index contributed by atoms with van der Waals surface area (Å²) in [4.78, 5) is 20.3. The van der Waals surface area contributed by atoms with Crippen molar-refractivity contribution in [2.45, 2.75) is 19.4 Å². The molecule has 0 rings (SSSR count). The molecule has 0 saturated heterocycles. The summed E-state index contributed by atoms with van der Waals surface area (Å²) < 4.78 is 4.43. The minimum Gasteiger partial charge on any atom is -0.495 e. The Kier molecular flexibility index (Phi) is 3.46. The molecule has 4 nitrogen and oxygen atoms in total. The molecule has 0 aliphatic carbocycles. The van der Waals surface area contributed by atoms with Crippen LogP contribution in [0.25, 0.3) is 0 Å². The van der Waals surface area contributed by atoms with Gasteiger partial charge in [-0.05, 0) is 6.10 Å². The van der Waals surface area contributed by atoms with E-state index < -0.39 is 24.5 Å². The summed E-state index contributed by atoms with van der Waals surface area (Å²) in [5, 5.41) is 8.08. The maximum Gasteiger partial charge on any atom is 0.314 e. The molecule has 0 spiro atoms. The van der Waals surface area contributed by atoms with E-state index in [-0.39, 0.29) is 0 Å². The average molecular weight is 145 g/mol. The lowest BCUT2D eigenvalue weighted by Crippen LogP contribution is -2.15. The topological polar surface area (TPSA) is 63.6 Å². The third-order valence-electron chi connectivity index (χ3n) is 0.628. The molecule has 0 heterocycles. The highest BCUT2D eigenvalue weighted by atomic mass is 16.5. The summed E-state index contributed by atoms with van der Waals surface area (Å²) in [6.07, 6.45) is -1.09. The predicted molar refractivity (Wildman–Crippen MR) is 33.2 cm³/mol. The van der Waals surface area contributed by atoms with Crippen LogP contribution in [0.15, 0.2) is 0 Å². The Morgan fingerprint density at radius 3 is 2.50 bits per heavy atom. The van der Waals surface area contributed by atoms with Gasteiger partial charge in [0.1, 0.15) is 6.42 Å². The normalized spacial score (nSPS) is 12.2. The second-order valence-electron chi connectivity index (χ2n) is 1.87. The molecule has 1 atom stereocenters. The minimum atomic E-state index is -1.19. The SMILES string of the molecule is [CH2-]C(C)OC(=O)CC(=O)O. The van der Waals surface area contributed by atoms with Gasteiger partial charge in [-0.25, -0.2) is 0 Å². The molecule has 0 aliphatic rings. The standard InChI is InChI=1S/C6H9O4/c1-4(2)10-6(9)3-5(7)8/h4H,1,3H2,2H3,(H,7,8)/q-1. The number of carboxylic acid groups (broad SMARTS) is 1. The lowest BCUT2D eigenvalue weighted by atomic mass is 10.4. The van der Waals surface area contributed by atoms with Crippen molar-refractivity contribution in [3.63, 3.8) is 0 Å². The fraction of sp³-hybridized carbons (Fsp3) is 0.500. The van der Waals surface area contributed by atoms with Gasteiger partial charge >= 0.3 is 11.9 Å². The molecule has 0 amide bonds. The molecule has 0 aromatic carbocycles. The van der Waals surface area contributed by atoms with Crippen LogP contribution in [-0.4, -0.2) is 23.1 Å². The summed E-state index contributed by atoms with van der Waals surface area (Å²) in [6.45, 7) is 4.91. The number of hydrogen-bond acceptors (Lipinski definition) is 3. The van der Waals surface area contributed by atoms with Gasteiger partial charge in [-0.15, -0.1) is 0 Å². The van der Waals surface area contributed by atoms with Gasteiger partial charge in [-0.1, -0.05) is 6.92 Å². The first-order chi connectivity index (χ1) is 4.52. The number of ether oxygens (including phenoxy) is 1. The first kappa shape index (κ1) is 8.94. The second kappa shape index (κ2) is 3.87. The highest BCUT2D eigenvalue weighted by Gasteiger charge is 2.07. The van der Waals surface area contributed by atoms with E-state index in [4.69, 9.17) is 5.11 Å². The van der Waals surface area contributed by atoms with E-state index in [9.17, 15) is 9.59 Å². The van der Waals surface area contributed by atoms with E-state index in [1.807, 2.05) is 0 Å². The number of carbonyl (C=O) groups excluding carboxylic acids is 1. The van der Waals surface area contributed by atoms with Crippen molar-refractivity contribution < 1.29 is 19.4 Å². The van der Waals surface area contributed by atoms with Crippen molar-refractivity contribution in [2.24, 2.45) is 0 Å². The van der Waals surface area contributed by atoms with Crippen molar-refractivity contribution in [2.75, 3.05) is 0 Å². The Balaban J connectivity index is 3.54. The number of carboxylic acids is 1. The first-order valence-electron chi connectivity index (χ1n) is 2.76. The molecule has 10 heavy (non-hydrogen) atoms. The molecular weight excluding hydrogens is 136 g/mol. The van der Waals surface area contributed by atoms with E-state index in [2.05, 4.69) is 11.7 Å². The van der Waals surface area contributed by atoms with E-state index in [0.717, 1.165) is 0 Å². The van der Waals surface area contributed by atoms with Gasteiger partial charge in [0.05, 0.1) is 0 Å². The van der Waals surface area contributed by atoms with Crippen LogP contribution in [0.5, 0.6) is 0 Å². The van der Waals surface area contributed by atoms with Crippen LogP contribution in [0.2, 0.25) is 0 Å². The molecule has 1 N–H and O–H groups in total. The number of carbonyl (C=O) groups is 2. The van der Waals surface area contributed by atoms with E-state index in [1.165, 1.54) is 0 Å². The Bertz CT molecular complexity index is 139. The largest absolute Gasteiger partial charge is 0.495 e. The van der Waals surface area contributed by atoms with E-state index in [0.29, 0.717) is 0 Å². The van der Waals surface area contributed by atoms with E-state index in [1.54, 1.807) is 6.92 Å². The third-order valence-corrected chi connectivity index (χ3v) is 0.628. The molecule has 0 saturated carbocycles. The third kappa shape index (κ3) is 5.08. The highest BCUT2D eigenvalue weighted by Crippen LogP contribution is 1.91. The molecule has 1 unspecified atom stereocenters. The molecular formula is C6H9O4-. The molecule has 0 aliphatic heterocycles. The van der Waals surface area contributed by atoms with Gasteiger partial charge in [0, 0.05) is 0 Å². The van der Waals surface area contributed by atoms with Crippen molar-refractivity contribution >= 4 is 11.9 Å². The van der Waals surface area contributed by atoms with Crippen LogP contribution in [0.4, 0.5) is 0 Å². The fourth-order valence-electron chi connectivity index (χ4n) is 0.390. The highest BCUT2D eigenvalue weighted by molar-refractivity contribution is 5.90. The summed E-state index contributed by atoms with van der Waals surface area (Å²) >= 11 is 0. The minimum absolute atomic E-state index is 0.494. The molecule has 0 fully saturated rings. The van der Waals surface area contributed by atoms with Crippen molar-refractivity contribution in [3.8, 4) is 0 Å². The maximum atomic E-state index is 10.4. The number of hydrogen-bond donors (Lipinski definition) is 1. The molecule has 0 aromatic rings. The van der Waals surface area contributed by atoms with Gasteiger partial charge in [0.15, 0.2) is 0 Å². The Morgan fingerprint density at radius 1 is 1.70 bits per heavy atom. The first-order valence-corrected chi connectivity index (χ1v) is 2.76. The maximum absolute atomic E-state index is 10.4. The van der Waals surface area contributed by atoms with Crippen LogP contribution in [0.3, 0.4) is 0 Å². The van der Waals surface area contributed by atoms with Crippen LogP contribution in [0, 0.1) is 6.92 Å². The molecule has 4 heteroatoms. The fourth-order valence-corrected chi connectivity index (χ4v) is 0.390. The summed E-state index contributed by atoms with van der Waals surface area (Å²) in [5.74, 6) is -1.94. The Labute approximate surface area is 58.8 Å². The van der Waals surface area contributed by atoms with Crippen LogP contribution < -0.4 is 0 Å². The van der Waals surface area contributed by atoms with Crippen molar-refractivity contribution in [3.05, 3.63) is 6.92 Å². The smallest absolute Gasteiger partial charge is 0.314 e. The monoisotopic (exact) mass is 145 g/mol. The van der Waals surface area contributed by atoms with E-state index >= 15 is 0 Å². The van der Waals surface area contributed by atoms with Crippen LogP contribution in [0.1, 0.15) is 13.3 Å². The van der Waals surface area contributed by atoms with Crippen LogP contribution >= 0.6 is 0 Å². The Hall–Kier alpha value is -1.06. The summed E-state index contributed by atoms with van der Waals surface area (Å²) in [7, 11) is 0. The molecule has 0 aromatic heterocycles. The van der Waals surface area contributed by atoms with Gasteiger partial charge in [0.25, 0.3) is 0 Å². The summed E-state index contributed by atoms with van der Waals surface area (Å²) in [6, 6.07) is 0. The van der Waals surface area contributed by atoms with Gasteiger partial charge in [-0.3, -0.25) is 9.59 Å². The Morgan fingerprint density at radius 2 is 2.20 bits per heavy atom. The molecule has 58 valence electrons. The lowest BCUT2D eigenvalue weighted by molar-refractivity contribution is -0.153. The van der Waals surface area contributed by atoms with Crippen molar-refractivity contribution in [1.29, 1.82) is 0 Å².